The molecule has 5 nitrogen and oxygen atoms in total. The minimum atomic E-state index is 0.618. The minimum absolute atomic E-state index is 0.618. The topological polar surface area (TPSA) is 56.5 Å². The van der Waals surface area contributed by atoms with Crippen LogP contribution in [-0.4, -0.2) is 24.5 Å². The Morgan fingerprint density at radius 3 is 1.41 bits per heavy atom. The summed E-state index contributed by atoms with van der Waals surface area (Å²) in [6, 6.07) is 78.7. The van der Waals surface area contributed by atoms with E-state index >= 15 is 0 Å². The highest BCUT2D eigenvalue weighted by molar-refractivity contribution is 6.20. The summed E-state index contributed by atoms with van der Waals surface area (Å²) in [6.45, 7) is 0. The summed E-state index contributed by atoms with van der Waals surface area (Å²) < 4.78 is 2.41. The summed E-state index contributed by atoms with van der Waals surface area (Å²) >= 11 is 0. The van der Waals surface area contributed by atoms with Crippen molar-refractivity contribution in [3.8, 4) is 73.4 Å². The van der Waals surface area contributed by atoms with Gasteiger partial charge < -0.3 is 4.57 Å². The van der Waals surface area contributed by atoms with Crippen LogP contribution in [0.3, 0.4) is 0 Å². The first-order valence-electron chi connectivity index (χ1n) is 21.2. The molecule has 63 heavy (non-hydrogen) atoms. The zero-order valence-corrected chi connectivity index (χ0v) is 34.1. The first-order chi connectivity index (χ1) is 31.2. The molecule has 0 amide bonds. The smallest absolute Gasteiger partial charge is 0.164 e. The molecule has 0 unspecified atom stereocenters. The molecule has 0 spiro atoms. The first-order valence-corrected chi connectivity index (χ1v) is 21.2. The molecule has 0 radical (unpaired) electrons. The molecular formula is C58H37N5. The van der Waals surface area contributed by atoms with E-state index in [1.807, 2.05) is 36.4 Å². The number of fused-ring (bicyclic) bond motifs is 6. The van der Waals surface area contributed by atoms with E-state index in [1.54, 1.807) is 0 Å². The maximum Gasteiger partial charge on any atom is 0.164 e. The highest BCUT2D eigenvalue weighted by Gasteiger charge is 2.19. The van der Waals surface area contributed by atoms with Crippen LogP contribution in [0, 0.1) is 0 Å². The van der Waals surface area contributed by atoms with Crippen molar-refractivity contribution in [1.29, 1.82) is 0 Å². The maximum atomic E-state index is 5.25. The van der Waals surface area contributed by atoms with Gasteiger partial charge in [-0.25, -0.2) is 19.9 Å². The van der Waals surface area contributed by atoms with Gasteiger partial charge in [0.2, 0.25) is 0 Å². The maximum absolute atomic E-state index is 5.25. The Labute approximate surface area is 364 Å². The highest BCUT2D eigenvalue weighted by Crippen LogP contribution is 2.41. The van der Waals surface area contributed by atoms with Gasteiger partial charge in [0.25, 0.3) is 0 Å². The lowest BCUT2D eigenvalue weighted by Gasteiger charge is -2.12. The molecule has 0 atom stereocenters. The fourth-order valence-corrected chi connectivity index (χ4v) is 8.97. The largest absolute Gasteiger partial charge is 0.309 e. The van der Waals surface area contributed by atoms with Crippen LogP contribution in [0.2, 0.25) is 0 Å². The molecule has 294 valence electrons. The van der Waals surface area contributed by atoms with Gasteiger partial charge in [0, 0.05) is 49.5 Å². The number of hydrogen-bond donors (Lipinski definition) is 0. The van der Waals surface area contributed by atoms with Crippen LogP contribution in [0.4, 0.5) is 0 Å². The Balaban J connectivity index is 1.03. The number of para-hydroxylation sites is 2. The van der Waals surface area contributed by atoms with E-state index in [4.69, 9.17) is 19.9 Å². The fraction of sp³-hybridized carbons (Fsp3) is 0. The number of benzene rings is 9. The van der Waals surface area contributed by atoms with Crippen LogP contribution >= 0.6 is 0 Å². The summed E-state index contributed by atoms with van der Waals surface area (Å²) in [7, 11) is 0. The van der Waals surface area contributed by atoms with Crippen LogP contribution in [-0.2, 0) is 0 Å². The van der Waals surface area contributed by atoms with Crippen molar-refractivity contribution in [3.05, 3.63) is 224 Å². The molecule has 0 saturated carbocycles. The Kier molecular flexibility index (Phi) is 8.75. The molecule has 5 heteroatoms. The van der Waals surface area contributed by atoms with Gasteiger partial charge in [-0.05, 0) is 76.2 Å². The number of hydrogen-bond acceptors (Lipinski definition) is 4. The van der Waals surface area contributed by atoms with Crippen molar-refractivity contribution in [1.82, 2.24) is 24.5 Å². The van der Waals surface area contributed by atoms with Crippen LogP contribution in [0.5, 0.6) is 0 Å². The molecule has 0 aliphatic carbocycles. The van der Waals surface area contributed by atoms with Gasteiger partial charge in [0.1, 0.15) is 0 Å². The summed E-state index contributed by atoms with van der Waals surface area (Å²) in [5.74, 6) is 1.87. The summed E-state index contributed by atoms with van der Waals surface area (Å²) in [5.41, 5.74) is 13.6. The van der Waals surface area contributed by atoms with Gasteiger partial charge in [0.15, 0.2) is 17.5 Å². The average Bonchev–Trinajstić information content (AvgIpc) is 3.69. The predicted octanol–water partition coefficient (Wildman–Crippen LogP) is 14.7. The third-order valence-corrected chi connectivity index (χ3v) is 12.0. The summed E-state index contributed by atoms with van der Waals surface area (Å²) in [5, 5.41) is 5.80. The van der Waals surface area contributed by atoms with Crippen molar-refractivity contribution in [3.63, 3.8) is 0 Å². The van der Waals surface area contributed by atoms with Crippen molar-refractivity contribution in [2.24, 2.45) is 0 Å². The molecule has 0 aliphatic rings. The SMILES string of the molecule is c1ccc(-c2cccc(-c3nc(-c4ccccc4)nc(-c4cccc(-c5ccc6c7cc8c(-c9ccccc9)nc9ccccc9c8cc7n(-c7ccccc7)c6c5)c4)n3)c2)cc1. The molecule has 3 heterocycles. The minimum Gasteiger partial charge on any atom is -0.309 e. The average molecular weight is 804 g/mol. The molecule has 12 rings (SSSR count). The lowest BCUT2D eigenvalue weighted by atomic mass is 9.97. The van der Waals surface area contributed by atoms with Crippen molar-refractivity contribution >= 4 is 43.5 Å². The van der Waals surface area contributed by atoms with E-state index < -0.39 is 0 Å². The van der Waals surface area contributed by atoms with E-state index in [1.165, 1.54) is 16.2 Å². The Hall–Kier alpha value is -8.54. The second kappa shape index (κ2) is 15.2. The first kappa shape index (κ1) is 36.3. The molecule has 0 saturated heterocycles. The van der Waals surface area contributed by atoms with Crippen LogP contribution in [0.15, 0.2) is 224 Å². The third kappa shape index (κ3) is 6.51. The van der Waals surface area contributed by atoms with Crippen molar-refractivity contribution < 1.29 is 0 Å². The van der Waals surface area contributed by atoms with Gasteiger partial charge in [-0.2, -0.15) is 0 Å². The third-order valence-electron chi connectivity index (χ3n) is 12.0. The summed E-state index contributed by atoms with van der Waals surface area (Å²) in [4.78, 5) is 20.5. The van der Waals surface area contributed by atoms with Crippen molar-refractivity contribution in [2.45, 2.75) is 0 Å². The van der Waals surface area contributed by atoms with Gasteiger partial charge in [-0.3, -0.25) is 0 Å². The van der Waals surface area contributed by atoms with E-state index in [0.29, 0.717) is 17.5 Å². The van der Waals surface area contributed by atoms with E-state index in [-0.39, 0.29) is 0 Å². The number of rotatable bonds is 7. The molecule has 3 aromatic heterocycles. The zero-order valence-electron chi connectivity index (χ0n) is 34.1. The van der Waals surface area contributed by atoms with Crippen LogP contribution < -0.4 is 0 Å². The zero-order chi connectivity index (χ0) is 41.7. The Bertz CT molecular complexity index is 3660. The standard InChI is InChI=1S/C58H37N5/c1-5-17-38(18-6-1)41-23-15-25-44(33-41)57-60-56(40-21-9-3-10-22-40)61-58(62-57)45-26-16-24-42(34-45)43-31-32-48-50-36-51-49(37-54(50)63(53(48)35-43)46-27-11-4-12-28-46)47-29-13-14-30-52(47)59-55(51)39-19-7-2-8-20-39/h1-37H. The molecule has 0 aliphatic heterocycles. The second-order valence-corrected chi connectivity index (χ2v) is 15.9. The van der Waals surface area contributed by atoms with Crippen LogP contribution in [0.25, 0.3) is 117 Å². The lowest BCUT2D eigenvalue weighted by Crippen LogP contribution is -2.00. The molecule has 0 N–H and O–H groups in total. The monoisotopic (exact) mass is 803 g/mol. The fourth-order valence-electron chi connectivity index (χ4n) is 8.97. The highest BCUT2D eigenvalue weighted by atomic mass is 15.0. The Morgan fingerprint density at radius 2 is 0.746 bits per heavy atom. The predicted molar refractivity (Wildman–Crippen MR) is 260 cm³/mol. The quantitative estimate of drug-likeness (QED) is 0.151. The molecule has 9 aromatic carbocycles. The van der Waals surface area contributed by atoms with E-state index in [2.05, 4.69) is 193 Å². The number of aromatic nitrogens is 5. The lowest BCUT2D eigenvalue weighted by molar-refractivity contribution is 1.07. The number of pyridine rings is 1. The summed E-state index contributed by atoms with van der Waals surface area (Å²) in [6.07, 6.45) is 0. The van der Waals surface area contributed by atoms with E-state index in [9.17, 15) is 0 Å². The molecule has 0 bridgehead atoms. The Morgan fingerprint density at radius 1 is 0.254 bits per heavy atom. The molecular weight excluding hydrogens is 767 g/mol. The number of nitrogens with zero attached hydrogens (tertiary/aromatic N) is 5. The van der Waals surface area contributed by atoms with Crippen LogP contribution in [0.1, 0.15) is 0 Å². The normalized spacial score (nSPS) is 11.5. The second-order valence-electron chi connectivity index (χ2n) is 15.9. The van der Waals surface area contributed by atoms with Gasteiger partial charge in [-0.15, -0.1) is 0 Å². The van der Waals surface area contributed by atoms with Gasteiger partial charge >= 0.3 is 0 Å². The molecule has 0 fully saturated rings. The van der Waals surface area contributed by atoms with Crippen molar-refractivity contribution in [2.75, 3.05) is 0 Å². The van der Waals surface area contributed by atoms with Gasteiger partial charge in [-0.1, -0.05) is 176 Å². The van der Waals surface area contributed by atoms with E-state index in [0.717, 1.165) is 83.2 Å². The van der Waals surface area contributed by atoms with Gasteiger partial charge in [0.05, 0.1) is 22.2 Å². The molecule has 12 aromatic rings.